The van der Waals surface area contributed by atoms with Crippen LogP contribution < -0.4 is 0 Å². The van der Waals surface area contributed by atoms with E-state index in [0.29, 0.717) is 10.6 Å². The first-order valence-corrected chi connectivity index (χ1v) is 5.27. The molecule has 1 rings (SSSR count). The van der Waals surface area contributed by atoms with Gasteiger partial charge in [0.25, 0.3) is 5.91 Å². The molecule has 0 unspecified atom stereocenters. The van der Waals surface area contributed by atoms with E-state index in [1.54, 1.807) is 11.9 Å². The zero-order chi connectivity index (χ0) is 11.6. The molecule has 3 nitrogen and oxygen atoms in total. The lowest BCUT2D eigenvalue weighted by molar-refractivity contribution is 0.0754. The minimum atomic E-state index is -0.154. The van der Waals surface area contributed by atoms with E-state index in [-0.39, 0.29) is 17.1 Å². The van der Waals surface area contributed by atoms with E-state index in [1.165, 1.54) is 12.3 Å². The summed E-state index contributed by atoms with van der Waals surface area (Å²) in [4.78, 5) is 17.3. The molecule has 0 aromatic carbocycles. The van der Waals surface area contributed by atoms with Gasteiger partial charge in [0, 0.05) is 19.3 Å². The summed E-state index contributed by atoms with van der Waals surface area (Å²) in [6, 6.07) is 1.58. The van der Waals surface area contributed by atoms with Gasteiger partial charge in [-0.15, -0.1) is 0 Å². The standard InChI is InChI=1S/C10H12Cl2N2O/c1-6(2)14(3)10(15)7-5-13-9(12)4-8(7)11/h4-6H,1-3H3. The van der Waals surface area contributed by atoms with E-state index < -0.39 is 0 Å². The van der Waals surface area contributed by atoms with Gasteiger partial charge in [-0.2, -0.15) is 0 Å². The summed E-state index contributed by atoms with van der Waals surface area (Å²) in [6.45, 7) is 3.85. The average Bonchev–Trinajstić information content (AvgIpc) is 2.15. The smallest absolute Gasteiger partial charge is 0.256 e. The van der Waals surface area contributed by atoms with Crippen molar-refractivity contribution in [1.29, 1.82) is 0 Å². The molecular formula is C10H12Cl2N2O. The summed E-state index contributed by atoms with van der Waals surface area (Å²) in [5.41, 5.74) is 0.372. The van der Waals surface area contributed by atoms with Crippen LogP contribution in [0.15, 0.2) is 12.3 Å². The number of halogens is 2. The number of nitrogens with zero attached hydrogens (tertiary/aromatic N) is 2. The van der Waals surface area contributed by atoms with Crippen molar-refractivity contribution in [1.82, 2.24) is 9.88 Å². The Kier molecular flexibility index (Phi) is 3.94. The molecule has 0 saturated carbocycles. The van der Waals surface area contributed by atoms with Crippen molar-refractivity contribution in [2.24, 2.45) is 0 Å². The van der Waals surface area contributed by atoms with Crippen molar-refractivity contribution < 1.29 is 4.79 Å². The molecule has 0 aliphatic rings. The highest BCUT2D eigenvalue weighted by molar-refractivity contribution is 6.36. The quantitative estimate of drug-likeness (QED) is 0.753. The van der Waals surface area contributed by atoms with E-state index in [0.717, 1.165) is 0 Å². The first kappa shape index (κ1) is 12.3. The maximum absolute atomic E-state index is 11.9. The van der Waals surface area contributed by atoms with Gasteiger partial charge < -0.3 is 4.90 Å². The van der Waals surface area contributed by atoms with Crippen LogP contribution in [0.4, 0.5) is 0 Å². The Morgan fingerprint density at radius 3 is 2.53 bits per heavy atom. The van der Waals surface area contributed by atoms with Gasteiger partial charge >= 0.3 is 0 Å². The monoisotopic (exact) mass is 246 g/mol. The van der Waals surface area contributed by atoms with E-state index in [2.05, 4.69) is 4.98 Å². The molecule has 0 saturated heterocycles. The molecule has 15 heavy (non-hydrogen) atoms. The van der Waals surface area contributed by atoms with Crippen LogP contribution in [-0.2, 0) is 0 Å². The molecule has 5 heteroatoms. The van der Waals surface area contributed by atoms with Crippen molar-refractivity contribution in [2.75, 3.05) is 7.05 Å². The summed E-state index contributed by atoms with van der Waals surface area (Å²) in [5.74, 6) is -0.154. The molecule has 0 aliphatic heterocycles. The summed E-state index contributed by atoms with van der Waals surface area (Å²) in [5, 5.41) is 0.608. The lowest BCUT2D eigenvalue weighted by Gasteiger charge is -2.21. The Bertz CT molecular complexity index is 380. The number of carbonyl (C=O) groups excluding carboxylic acids is 1. The minimum Gasteiger partial charge on any atom is -0.339 e. The molecular weight excluding hydrogens is 235 g/mol. The van der Waals surface area contributed by atoms with Crippen LogP contribution >= 0.6 is 23.2 Å². The third-order valence-electron chi connectivity index (χ3n) is 2.15. The lowest BCUT2D eigenvalue weighted by Crippen LogP contribution is -2.33. The molecule has 0 spiro atoms. The van der Waals surface area contributed by atoms with Gasteiger partial charge in [-0.1, -0.05) is 23.2 Å². The van der Waals surface area contributed by atoms with Gasteiger partial charge in [0.05, 0.1) is 10.6 Å². The van der Waals surface area contributed by atoms with Crippen molar-refractivity contribution in [3.05, 3.63) is 28.0 Å². The Morgan fingerprint density at radius 1 is 1.47 bits per heavy atom. The maximum Gasteiger partial charge on any atom is 0.256 e. The topological polar surface area (TPSA) is 33.2 Å². The summed E-state index contributed by atoms with van der Waals surface area (Å²) >= 11 is 11.5. The van der Waals surface area contributed by atoms with Gasteiger partial charge in [-0.3, -0.25) is 4.79 Å². The number of rotatable bonds is 2. The molecule has 0 radical (unpaired) electrons. The van der Waals surface area contributed by atoms with Crippen molar-refractivity contribution in [2.45, 2.75) is 19.9 Å². The average molecular weight is 247 g/mol. The van der Waals surface area contributed by atoms with Gasteiger partial charge in [0.2, 0.25) is 0 Å². The summed E-state index contributed by atoms with van der Waals surface area (Å²) in [6.07, 6.45) is 1.39. The molecule has 0 atom stereocenters. The third-order valence-corrected chi connectivity index (χ3v) is 2.66. The van der Waals surface area contributed by atoms with Gasteiger partial charge in [-0.25, -0.2) is 4.98 Å². The molecule has 1 heterocycles. The Labute approximate surface area is 99.0 Å². The van der Waals surface area contributed by atoms with Crippen LogP contribution in [0.1, 0.15) is 24.2 Å². The van der Waals surface area contributed by atoms with Gasteiger partial charge in [0.15, 0.2) is 0 Å². The SMILES string of the molecule is CC(C)N(C)C(=O)c1cnc(Cl)cc1Cl. The van der Waals surface area contributed by atoms with E-state index in [1.807, 2.05) is 13.8 Å². The van der Waals surface area contributed by atoms with E-state index >= 15 is 0 Å². The molecule has 0 aliphatic carbocycles. The van der Waals surface area contributed by atoms with E-state index in [4.69, 9.17) is 23.2 Å². The number of hydrogen-bond donors (Lipinski definition) is 0. The number of amides is 1. The zero-order valence-electron chi connectivity index (χ0n) is 8.79. The maximum atomic E-state index is 11.9. The molecule has 1 aromatic heterocycles. The van der Waals surface area contributed by atoms with Crippen LogP contribution in [0.3, 0.4) is 0 Å². The predicted molar refractivity (Wildman–Crippen MR) is 61.5 cm³/mol. The molecule has 0 N–H and O–H groups in total. The summed E-state index contributed by atoms with van der Waals surface area (Å²) < 4.78 is 0. The highest BCUT2D eigenvalue weighted by Crippen LogP contribution is 2.20. The number of carbonyl (C=O) groups is 1. The first-order valence-electron chi connectivity index (χ1n) is 4.51. The Morgan fingerprint density at radius 2 is 2.07 bits per heavy atom. The number of pyridine rings is 1. The van der Waals surface area contributed by atoms with Crippen LogP contribution in [0.2, 0.25) is 10.2 Å². The number of hydrogen-bond acceptors (Lipinski definition) is 2. The summed E-state index contributed by atoms with van der Waals surface area (Å²) in [7, 11) is 1.72. The molecule has 1 aromatic rings. The fraction of sp³-hybridized carbons (Fsp3) is 0.400. The lowest BCUT2D eigenvalue weighted by atomic mass is 10.2. The van der Waals surface area contributed by atoms with Gasteiger partial charge in [-0.05, 0) is 19.9 Å². The highest BCUT2D eigenvalue weighted by atomic mass is 35.5. The van der Waals surface area contributed by atoms with Crippen molar-refractivity contribution >= 4 is 29.1 Å². The van der Waals surface area contributed by atoms with Crippen molar-refractivity contribution in [3.8, 4) is 0 Å². The Balaban J connectivity index is 3.01. The fourth-order valence-electron chi connectivity index (χ4n) is 0.989. The highest BCUT2D eigenvalue weighted by Gasteiger charge is 2.17. The predicted octanol–water partition coefficient (Wildman–Crippen LogP) is 2.87. The second-order valence-corrected chi connectivity index (χ2v) is 4.29. The van der Waals surface area contributed by atoms with Crippen LogP contribution in [0.5, 0.6) is 0 Å². The first-order chi connectivity index (χ1) is 6.93. The van der Waals surface area contributed by atoms with Gasteiger partial charge in [0.1, 0.15) is 5.15 Å². The molecule has 0 bridgehead atoms. The van der Waals surface area contributed by atoms with Crippen LogP contribution in [0, 0.1) is 0 Å². The molecule has 82 valence electrons. The normalized spacial score (nSPS) is 10.5. The molecule has 0 fully saturated rings. The largest absolute Gasteiger partial charge is 0.339 e. The fourth-order valence-corrected chi connectivity index (χ4v) is 1.44. The zero-order valence-corrected chi connectivity index (χ0v) is 10.3. The Hall–Kier alpha value is -0.800. The van der Waals surface area contributed by atoms with E-state index in [9.17, 15) is 4.79 Å². The second-order valence-electron chi connectivity index (χ2n) is 3.50. The molecule has 1 amide bonds. The number of aromatic nitrogens is 1. The minimum absolute atomic E-state index is 0.115. The van der Waals surface area contributed by atoms with Crippen molar-refractivity contribution in [3.63, 3.8) is 0 Å². The van der Waals surface area contributed by atoms with Crippen LogP contribution in [0.25, 0.3) is 0 Å². The van der Waals surface area contributed by atoms with Crippen LogP contribution in [-0.4, -0.2) is 28.9 Å². The third kappa shape index (κ3) is 2.83. The second kappa shape index (κ2) is 4.81.